The molecule has 1 heterocycles. The quantitative estimate of drug-likeness (QED) is 0.896. The number of nitrogens with zero attached hydrogens (tertiary/aromatic N) is 1. The number of amides is 1. The SMILES string of the molecule is CC(C)(C)NCC(=O)Nc1ccc(N2CCCCCC2)cc1. The average molecular weight is 303 g/mol. The average Bonchev–Trinajstić information content (AvgIpc) is 2.74. The molecule has 1 aliphatic rings. The Labute approximate surface area is 134 Å². The fourth-order valence-electron chi connectivity index (χ4n) is 2.64. The van der Waals surface area contributed by atoms with E-state index < -0.39 is 0 Å². The van der Waals surface area contributed by atoms with E-state index >= 15 is 0 Å². The van der Waals surface area contributed by atoms with Crippen molar-refractivity contribution in [3.8, 4) is 0 Å². The van der Waals surface area contributed by atoms with Crippen LogP contribution in [0.25, 0.3) is 0 Å². The number of carbonyl (C=O) groups excluding carboxylic acids is 1. The van der Waals surface area contributed by atoms with Crippen LogP contribution >= 0.6 is 0 Å². The van der Waals surface area contributed by atoms with Gasteiger partial charge in [-0.25, -0.2) is 0 Å². The summed E-state index contributed by atoms with van der Waals surface area (Å²) < 4.78 is 0. The molecule has 0 saturated carbocycles. The zero-order valence-corrected chi connectivity index (χ0v) is 14.1. The minimum Gasteiger partial charge on any atom is -0.372 e. The molecule has 0 bridgehead atoms. The number of nitrogens with one attached hydrogen (secondary N) is 2. The van der Waals surface area contributed by atoms with Crippen molar-refractivity contribution in [2.75, 3.05) is 29.9 Å². The van der Waals surface area contributed by atoms with Crippen molar-refractivity contribution < 1.29 is 4.79 Å². The summed E-state index contributed by atoms with van der Waals surface area (Å²) in [5, 5.41) is 6.13. The van der Waals surface area contributed by atoms with E-state index in [0.717, 1.165) is 18.8 Å². The first kappa shape index (κ1) is 16.8. The molecule has 0 radical (unpaired) electrons. The fraction of sp³-hybridized carbons (Fsp3) is 0.611. The number of benzene rings is 1. The molecular formula is C18H29N3O. The molecule has 0 spiro atoms. The molecule has 1 aliphatic heterocycles. The van der Waals surface area contributed by atoms with Gasteiger partial charge in [-0.1, -0.05) is 12.8 Å². The van der Waals surface area contributed by atoms with Gasteiger partial charge in [0.15, 0.2) is 0 Å². The zero-order valence-electron chi connectivity index (χ0n) is 14.1. The maximum absolute atomic E-state index is 11.9. The summed E-state index contributed by atoms with van der Waals surface area (Å²) in [5.74, 6) is -0.00236. The molecule has 0 atom stereocenters. The second-order valence-corrected chi connectivity index (χ2v) is 7.10. The van der Waals surface area contributed by atoms with Crippen molar-refractivity contribution in [3.05, 3.63) is 24.3 Å². The molecule has 4 heteroatoms. The smallest absolute Gasteiger partial charge is 0.238 e. The van der Waals surface area contributed by atoms with E-state index in [-0.39, 0.29) is 11.4 Å². The van der Waals surface area contributed by atoms with Crippen LogP contribution in [0.5, 0.6) is 0 Å². The van der Waals surface area contributed by atoms with Gasteiger partial charge in [0.1, 0.15) is 0 Å². The van der Waals surface area contributed by atoms with E-state index in [9.17, 15) is 4.79 Å². The lowest BCUT2D eigenvalue weighted by molar-refractivity contribution is -0.115. The topological polar surface area (TPSA) is 44.4 Å². The van der Waals surface area contributed by atoms with E-state index in [4.69, 9.17) is 0 Å². The Balaban J connectivity index is 1.87. The number of hydrogen-bond donors (Lipinski definition) is 2. The molecule has 122 valence electrons. The monoisotopic (exact) mass is 303 g/mol. The van der Waals surface area contributed by atoms with Crippen LogP contribution in [0.2, 0.25) is 0 Å². The molecule has 2 N–H and O–H groups in total. The van der Waals surface area contributed by atoms with Crippen LogP contribution in [0.1, 0.15) is 46.5 Å². The van der Waals surface area contributed by atoms with Crippen LogP contribution in [0, 0.1) is 0 Å². The van der Waals surface area contributed by atoms with Gasteiger partial charge in [-0.2, -0.15) is 0 Å². The van der Waals surface area contributed by atoms with Crippen molar-refractivity contribution in [2.45, 2.75) is 52.0 Å². The Kier molecular flexibility index (Phi) is 5.83. The second kappa shape index (κ2) is 7.63. The van der Waals surface area contributed by atoms with Gasteiger partial charge >= 0.3 is 0 Å². The minimum atomic E-state index is -0.0477. The summed E-state index contributed by atoms with van der Waals surface area (Å²) in [5.41, 5.74) is 2.07. The maximum Gasteiger partial charge on any atom is 0.238 e. The second-order valence-electron chi connectivity index (χ2n) is 7.10. The Morgan fingerprint density at radius 3 is 2.18 bits per heavy atom. The Bertz CT molecular complexity index is 468. The van der Waals surface area contributed by atoms with E-state index in [1.54, 1.807) is 0 Å². The highest BCUT2D eigenvalue weighted by Crippen LogP contribution is 2.21. The number of carbonyl (C=O) groups is 1. The molecule has 0 unspecified atom stereocenters. The molecule has 1 saturated heterocycles. The van der Waals surface area contributed by atoms with Crippen LogP contribution < -0.4 is 15.5 Å². The lowest BCUT2D eigenvalue weighted by Crippen LogP contribution is -2.41. The van der Waals surface area contributed by atoms with Gasteiger partial charge in [0.25, 0.3) is 0 Å². The fourth-order valence-corrected chi connectivity index (χ4v) is 2.64. The van der Waals surface area contributed by atoms with Crippen molar-refractivity contribution in [2.24, 2.45) is 0 Å². The number of anilines is 2. The van der Waals surface area contributed by atoms with Gasteiger partial charge in [0.2, 0.25) is 5.91 Å². The molecule has 2 rings (SSSR count). The molecule has 22 heavy (non-hydrogen) atoms. The summed E-state index contributed by atoms with van der Waals surface area (Å²) >= 11 is 0. The lowest BCUT2D eigenvalue weighted by Gasteiger charge is -2.23. The van der Waals surface area contributed by atoms with Crippen molar-refractivity contribution in [1.82, 2.24) is 5.32 Å². The predicted octanol–water partition coefficient (Wildman–Crippen LogP) is 3.39. The molecule has 4 nitrogen and oxygen atoms in total. The number of rotatable bonds is 4. The highest BCUT2D eigenvalue weighted by atomic mass is 16.1. The van der Waals surface area contributed by atoms with Gasteiger partial charge in [-0.3, -0.25) is 4.79 Å². The van der Waals surface area contributed by atoms with Crippen molar-refractivity contribution in [1.29, 1.82) is 0 Å². The first-order valence-corrected chi connectivity index (χ1v) is 8.34. The molecule has 0 aromatic heterocycles. The van der Waals surface area contributed by atoms with Gasteiger partial charge in [0.05, 0.1) is 6.54 Å². The highest BCUT2D eigenvalue weighted by molar-refractivity contribution is 5.92. The van der Waals surface area contributed by atoms with Crippen LogP contribution in [0.4, 0.5) is 11.4 Å². The molecule has 1 fully saturated rings. The summed E-state index contributed by atoms with van der Waals surface area (Å²) in [4.78, 5) is 14.4. The Hall–Kier alpha value is -1.55. The minimum absolute atomic E-state index is 0.00236. The van der Waals surface area contributed by atoms with E-state index in [1.807, 2.05) is 12.1 Å². The molecule has 1 aromatic rings. The largest absolute Gasteiger partial charge is 0.372 e. The molecular weight excluding hydrogens is 274 g/mol. The van der Waals surface area contributed by atoms with E-state index in [1.165, 1.54) is 31.4 Å². The zero-order chi connectivity index (χ0) is 16.0. The first-order chi connectivity index (χ1) is 10.4. The summed E-state index contributed by atoms with van der Waals surface area (Å²) in [7, 11) is 0. The van der Waals surface area contributed by atoms with E-state index in [0.29, 0.717) is 6.54 Å². The number of hydrogen-bond acceptors (Lipinski definition) is 3. The standard InChI is InChI=1S/C18H29N3O/c1-18(2,3)19-14-17(22)20-15-8-10-16(11-9-15)21-12-6-4-5-7-13-21/h8-11,19H,4-7,12-14H2,1-3H3,(H,20,22). The van der Waals surface area contributed by atoms with Crippen molar-refractivity contribution >= 4 is 17.3 Å². The third kappa shape index (κ3) is 5.68. The molecule has 1 amide bonds. The van der Waals surface area contributed by atoms with Gasteiger partial charge in [-0.15, -0.1) is 0 Å². The van der Waals surface area contributed by atoms with Crippen molar-refractivity contribution in [3.63, 3.8) is 0 Å². The van der Waals surface area contributed by atoms with Crippen LogP contribution in [0.3, 0.4) is 0 Å². The van der Waals surface area contributed by atoms with E-state index in [2.05, 4.69) is 48.4 Å². The van der Waals surface area contributed by atoms with Crippen LogP contribution in [0.15, 0.2) is 24.3 Å². The first-order valence-electron chi connectivity index (χ1n) is 8.34. The predicted molar refractivity (Wildman–Crippen MR) is 93.5 cm³/mol. The summed E-state index contributed by atoms with van der Waals surface area (Å²) in [6, 6.07) is 8.21. The normalized spacial score (nSPS) is 16.2. The Morgan fingerprint density at radius 2 is 1.64 bits per heavy atom. The highest BCUT2D eigenvalue weighted by Gasteiger charge is 2.12. The maximum atomic E-state index is 11.9. The summed E-state index contributed by atoms with van der Waals surface area (Å²) in [6.07, 6.45) is 5.23. The van der Waals surface area contributed by atoms with Gasteiger partial charge < -0.3 is 15.5 Å². The van der Waals surface area contributed by atoms with Gasteiger partial charge in [-0.05, 0) is 57.9 Å². The molecule has 1 aromatic carbocycles. The third-order valence-electron chi connectivity index (χ3n) is 3.90. The lowest BCUT2D eigenvalue weighted by atomic mass is 10.1. The van der Waals surface area contributed by atoms with Crippen LogP contribution in [-0.2, 0) is 4.79 Å². The Morgan fingerprint density at radius 1 is 1.05 bits per heavy atom. The molecule has 0 aliphatic carbocycles. The summed E-state index contributed by atoms with van der Waals surface area (Å²) in [6.45, 7) is 8.77. The van der Waals surface area contributed by atoms with Crippen LogP contribution in [-0.4, -0.2) is 31.1 Å². The van der Waals surface area contributed by atoms with Gasteiger partial charge in [0, 0.05) is 30.0 Å². The third-order valence-corrected chi connectivity index (χ3v) is 3.90.